The average molecular weight is 265 g/mol. The molecule has 0 radical (unpaired) electrons. The molecule has 0 amide bonds. The molecule has 1 saturated heterocycles. The van der Waals surface area contributed by atoms with E-state index in [0.29, 0.717) is 5.56 Å². The van der Waals surface area contributed by atoms with Crippen LogP contribution in [0.25, 0.3) is 0 Å². The number of nitrogens with zero attached hydrogens (tertiary/aromatic N) is 3. The molecule has 19 heavy (non-hydrogen) atoms. The number of hydrogen-bond donors (Lipinski definition) is 0. The summed E-state index contributed by atoms with van der Waals surface area (Å²) in [7, 11) is 0. The quantitative estimate of drug-likeness (QED) is 0.350. The Morgan fingerprint density at radius 3 is 2.68 bits per heavy atom. The second-order valence-corrected chi connectivity index (χ2v) is 4.03. The van der Waals surface area contributed by atoms with Crippen molar-refractivity contribution in [2.24, 2.45) is 5.22 Å². The Balaban J connectivity index is 1.72. The van der Waals surface area contributed by atoms with Crippen molar-refractivity contribution < 1.29 is 19.4 Å². The maximum atomic E-state index is 11.5. The topological polar surface area (TPSA) is 77.2 Å². The standard InChI is InChI=1S/C12H15N3O4/c16-12(11-6-2-1-3-7-11)18-10-19-15(17)13-14-8-4-5-9-14/h1-3,6-7H,4-5,8-10H2/b15-13+. The number of hydrogen-bond acceptors (Lipinski definition) is 5. The summed E-state index contributed by atoms with van der Waals surface area (Å²) in [6.45, 7) is 1.02. The van der Waals surface area contributed by atoms with Gasteiger partial charge in [0.15, 0.2) is 6.79 Å². The molecule has 0 saturated carbocycles. The zero-order chi connectivity index (χ0) is 13.5. The van der Waals surface area contributed by atoms with E-state index in [1.807, 2.05) is 0 Å². The maximum absolute atomic E-state index is 11.5. The van der Waals surface area contributed by atoms with Gasteiger partial charge in [-0.3, -0.25) is 0 Å². The SMILES string of the molecule is O=C(OCO/[N+]([O-])=N/N1CCCC1)c1ccccc1. The molecule has 1 aliphatic heterocycles. The van der Waals surface area contributed by atoms with E-state index in [1.165, 1.54) is 0 Å². The molecule has 1 aromatic carbocycles. The zero-order valence-electron chi connectivity index (χ0n) is 10.4. The molecule has 0 atom stereocenters. The monoisotopic (exact) mass is 265 g/mol. The Morgan fingerprint density at radius 2 is 2.00 bits per heavy atom. The smallest absolute Gasteiger partial charge is 0.339 e. The lowest BCUT2D eigenvalue weighted by molar-refractivity contribution is -0.805. The molecule has 7 nitrogen and oxygen atoms in total. The van der Waals surface area contributed by atoms with Crippen LogP contribution in [-0.2, 0) is 9.57 Å². The Labute approximate surface area is 110 Å². The molecule has 0 aliphatic carbocycles. The van der Waals surface area contributed by atoms with Crippen molar-refractivity contribution in [3.05, 3.63) is 41.1 Å². The van der Waals surface area contributed by atoms with Gasteiger partial charge in [-0.25, -0.2) is 4.79 Å². The summed E-state index contributed by atoms with van der Waals surface area (Å²) in [4.78, 5) is 16.1. The van der Waals surface area contributed by atoms with Gasteiger partial charge in [-0.1, -0.05) is 18.2 Å². The summed E-state index contributed by atoms with van der Waals surface area (Å²) in [5.41, 5.74) is 0.403. The minimum Gasteiger partial charge on any atom is -0.447 e. The summed E-state index contributed by atoms with van der Waals surface area (Å²) < 4.78 is 4.78. The molecule has 0 unspecified atom stereocenters. The first-order valence-electron chi connectivity index (χ1n) is 6.04. The lowest BCUT2D eigenvalue weighted by Gasteiger charge is -2.10. The van der Waals surface area contributed by atoms with Crippen molar-refractivity contribution in [1.82, 2.24) is 5.01 Å². The van der Waals surface area contributed by atoms with E-state index in [9.17, 15) is 10.0 Å². The third-order valence-corrected chi connectivity index (χ3v) is 2.64. The molecule has 1 aromatic rings. The highest BCUT2D eigenvalue weighted by Crippen LogP contribution is 2.07. The molecule has 102 valence electrons. The molecule has 2 rings (SSSR count). The lowest BCUT2D eigenvalue weighted by atomic mass is 10.2. The van der Waals surface area contributed by atoms with Crippen LogP contribution in [-0.4, -0.2) is 35.9 Å². The number of esters is 1. The zero-order valence-corrected chi connectivity index (χ0v) is 10.4. The van der Waals surface area contributed by atoms with Gasteiger partial charge in [0.1, 0.15) is 18.3 Å². The van der Waals surface area contributed by atoms with Gasteiger partial charge in [-0.15, -0.1) is 0 Å². The molecule has 1 heterocycles. The van der Waals surface area contributed by atoms with Crippen molar-refractivity contribution >= 4 is 5.97 Å². The van der Waals surface area contributed by atoms with E-state index in [2.05, 4.69) is 10.1 Å². The third kappa shape index (κ3) is 4.13. The van der Waals surface area contributed by atoms with Gasteiger partial charge >= 0.3 is 5.97 Å². The Bertz CT molecular complexity index is 444. The van der Waals surface area contributed by atoms with E-state index in [-0.39, 0.29) is 5.02 Å². The summed E-state index contributed by atoms with van der Waals surface area (Å²) in [6, 6.07) is 8.47. The highest BCUT2D eigenvalue weighted by Gasteiger charge is 2.16. The molecule has 1 aliphatic rings. The Morgan fingerprint density at radius 1 is 1.32 bits per heavy atom. The fourth-order valence-corrected chi connectivity index (χ4v) is 1.70. The van der Waals surface area contributed by atoms with E-state index in [1.54, 1.807) is 35.3 Å². The number of rotatable bonds is 5. The van der Waals surface area contributed by atoms with Crippen LogP contribution in [0.5, 0.6) is 0 Å². The first-order valence-corrected chi connectivity index (χ1v) is 6.04. The minimum absolute atomic E-state index is 0.0730. The van der Waals surface area contributed by atoms with Gasteiger partial charge in [0, 0.05) is 0 Å². The second-order valence-electron chi connectivity index (χ2n) is 4.03. The molecule has 0 spiro atoms. The van der Waals surface area contributed by atoms with E-state index in [0.717, 1.165) is 25.9 Å². The first kappa shape index (κ1) is 13.1. The summed E-state index contributed by atoms with van der Waals surface area (Å²) in [5.74, 6) is -0.546. The molecule has 0 bridgehead atoms. The highest BCUT2D eigenvalue weighted by molar-refractivity contribution is 5.89. The van der Waals surface area contributed by atoms with Crippen molar-refractivity contribution in [2.75, 3.05) is 19.9 Å². The van der Waals surface area contributed by atoms with Crippen LogP contribution in [0.2, 0.25) is 0 Å². The molecule has 0 N–H and O–H groups in total. The van der Waals surface area contributed by atoms with E-state index in [4.69, 9.17) is 4.74 Å². The Hall–Kier alpha value is -2.31. The van der Waals surface area contributed by atoms with Crippen molar-refractivity contribution in [2.45, 2.75) is 12.8 Å². The number of ether oxygens (including phenoxy) is 1. The summed E-state index contributed by atoms with van der Waals surface area (Å²) >= 11 is 0. The van der Waals surface area contributed by atoms with Crippen LogP contribution in [0.3, 0.4) is 0 Å². The third-order valence-electron chi connectivity index (χ3n) is 2.64. The van der Waals surface area contributed by atoms with Crippen LogP contribution in [0, 0.1) is 5.21 Å². The van der Waals surface area contributed by atoms with Gasteiger partial charge in [0.25, 0.3) is 0 Å². The normalized spacial score (nSPS) is 15.4. The second kappa shape index (κ2) is 6.58. The van der Waals surface area contributed by atoms with Gasteiger partial charge in [0.05, 0.1) is 10.6 Å². The summed E-state index contributed by atoms with van der Waals surface area (Å²) in [5, 5.41) is 16.5. The van der Waals surface area contributed by atoms with Gasteiger partial charge in [-0.05, 0) is 25.0 Å². The minimum atomic E-state index is -0.546. The molecular formula is C12H15N3O4. The fourth-order valence-electron chi connectivity index (χ4n) is 1.70. The first-order chi connectivity index (χ1) is 9.25. The van der Waals surface area contributed by atoms with E-state index < -0.39 is 12.8 Å². The van der Waals surface area contributed by atoms with Gasteiger partial charge < -0.3 is 14.8 Å². The number of benzene rings is 1. The average Bonchev–Trinajstić information content (AvgIpc) is 2.92. The lowest BCUT2D eigenvalue weighted by Crippen LogP contribution is -2.18. The van der Waals surface area contributed by atoms with Crippen LogP contribution in [0.1, 0.15) is 23.2 Å². The maximum Gasteiger partial charge on any atom is 0.339 e. The van der Waals surface area contributed by atoms with Crippen molar-refractivity contribution in [3.63, 3.8) is 0 Å². The van der Waals surface area contributed by atoms with Crippen molar-refractivity contribution in [1.29, 1.82) is 0 Å². The van der Waals surface area contributed by atoms with E-state index >= 15 is 0 Å². The predicted molar refractivity (Wildman–Crippen MR) is 64.7 cm³/mol. The fraction of sp³-hybridized carbons (Fsp3) is 0.417. The van der Waals surface area contributed by atoms with Gasteiger partial charge in [0.2, 0.25) is 0 Å². The van der Waals surface area contributed by atoms with Crippen LogP contribution < -0.4 is 0 Å². The van der Waals surface area contributed by atoms with Crippen molar-refractivity contribution in [3.8, 4) is 0 Å². The van der Waals surface area contributed by atoms with Crippen LogP contribution >= 0.6 is 0 Å². The molecule has 0 aromatic heterocycles. The van der Waals surface area contributed by atoms with Crippen LogP contribution in [0.15, 0.2) is 35.6 Å². The highest BCUT2D eigenvalue weighted by atomic mass is 16.9. The van der Waals surface area contributed by atoms with Gasteiger partial charge in [-0.2, -0.15) is 5.01 Å². The number of carbonyl (C=O) groups excluding carboxylic acids is 1. The molecular weight excluding hydrogens is 250 g/mol. The summed E-state index contributed by atoms with van der Waals surface area (Å²) in [6.07, 6.45) is 2.03. The molecule has 1 fully saturated rings. The molecule has 7 heteroatoms. The largest absolute Gasteiger partial charge is 0.447 e. The Kier molecular flexibility index (Phi) is 4.54. The predicted octanol–water partition coefficient (Wildman–Crippen LogP) is 1.71. The number of carbonyl (C=O) groups is 1. The van der Waals surface area contributed by atoms with Crippen LogP contribution in [0.4, 0.5) is 0 Å².